The number of rotatable bonds is 6. The summed E-state index contributed by atoms with van der Waals surface area (Å²) in [4.78, 5) is 2.60. The van der Waals surface area contributed by atoms with Gasteiger partial charge in [0.2, 0.25) is 0 Å². The maximum absolute atomic E-state index is 5.52. The molecule has 0 spiro atoms. The molecule has 1 heterocycles. The van der Waals surface area contributed by atoms with Gasteiger partial charge in [0.25, 0.3) is 0 Å². The van der Waals surface area contributed by atoms with Crippen molar-refractivity contribution in [3.05, 3.63) is 29.8 Å². The van der Waals surface area contributed by atoms with Gasteiger partial charge in [-0.3, -0.25) is 0 Å². The zero-order valence-electron chi connectivity index (χ0n) is 13.9. The minimum atomic E-state index is 0.390. The van der Waals surface area contributed by atoms with Crippen LogP contribution in [0.3, 0.4) is 0 Å². The molecule has 3 heteroatoms. The van der Waals surface area contributed by atoms with Crippen molar-refractivity contribution in [3.8, 4) is 5.75 Å². The van der Waals surface area contributed by atoms with Gasteiger partial charge >= 0.3 is 0 Å². The fourth-order valence-corrected chi connectivity index (χ4v) is 3.10. The molecule has 0 aromatic heterocycles. The van der Waals surface area contributed by atoms with Crippen LogP contribution in [0.4, 0.5) is 0 Å². The topological polar surface area (TPSA) is 24.5 Å². The minimum absolute atomic E-state index is 0.390. The zero-order valence-corrected chi connectivity index (χ0v) is 13.9. The van der Waals surface area contributed by atoms with Gasteiger partial charge < -0.3 is 15.0 Å². The number of likely N-dealkylation sites (N-methyl/N-ethyl adjacent to an activating group) is 1. The van der Waals surface area contributed by atoms with Crippen LogP contribution in [-0.4, -0.2) is 38.2 Å². The summed E-state index contributed by atoms with van der Waals surface area (Å²) in [5, 5.41) is 3.46. The number of ether oxygens (including phenoxy) is 1. The molecule has 1 aromatic carbocycles. The van der Waals surface area contributed by atoms with Gasteiger partial charge in [0.15, 0.2) is 0 Å². The van der Waals surface area contributed by atoms with Crippen LogP contribution in [-0.2, 0) is 0 Å². The first-order valence-electron chi connectivity index (χ1n) is 8.26. The Balaban J connectivity index is 1.96. The number of nitrogens with one attached hydrogen (secondary N) is 1. The molecule has 3 nitrogen and oxygen atoms in total. The summed E-state index contributed by atoms with van der Waals surface area (Å²) in [6, 6.07) is 8.90. The summed E-state index contributed by atoms with van der Waals surface area (Å²) in [5.74, 6) is 2.62. The smallest absolute Gasteiger partial charge is 0.119 e. The predicted molar refractivity (Wildman–Crippen MR) is 88.8 cm³/mol. The molecule has 2 rings (SSSR count). The van der Waals surface area contributed by atoms with Gasteiger partial charge in [-0.2, -0.15) is 0 Å². The van der Waals surface area contributed by atoms with Crippen LogP contribution in [0.1, 0.15) is 38.8 Å². The van der Waals surface area contributed by atoms with Crippen molar-refractivity contribution < 1.29 is 4.74 Å². The molecule has 0 amide bonds. The Hall–Kier alpha value is -1.06. The third-order valence-corrected chi connectivity index (χ3v) is 4.80. The molecule has 0 radical (unpaired) electrons. The number of piperidine rings is 1. The molecule has 1 N–H and O–H groups in total. The second-order valence-corrected chi connectivity index (χ2v) is 6.35. The summed E-state index contributed by atoms with van der Waals surface area (Å²) in [6.07, 6.45) is 1.32. The Bertz CT molecular complexity index is 418. The molecule has 1 aromatic rings. The fraction of sp³-hybridized carbons (Fsp3) is 0.667. The van der Waals surface area contributed by atoms with Crippen molar-refractivity contribution in [3.63, 3.8) is 0 Å². The molecule has 1 fully saturated rings. The van der Waals surface area contributed by atoms with E-state index in [9.17, 15) is 0 Å². The van der Waals surface area contributed by atoms with E-state index in [1.807, 2.05) is 6.92 Å². The number of nitrogens with zero attached hydrogens (tertiary/aromatic N) is 1. The molecule has 0 bridgehead atoms. The fourth-order valence-electron chi connectivity index (χ4n) is 3.10. The highest BCUT2D eigenvalue weighted by molar-refractivity contribution is 5.29. The van der Waals surface area contributed by atoms with E-state index in [-0.39, 0.29) is 0 Å². The van der Waals surface area contributed by atoms with Crippen LogP contribution in [0.5, 0.6) is 5.75 Å². The Morgan fingerprint density at radius 2 is 1.95 bits per heavy atom. The van der Waals surface area contributed by atoms with Crippen molar-refractivity contribution in [1.29, 1.82) is 0 Å². The molecule has 3 atom stereocenters. The minimum Gasteiger partial charge on any atom is -0.494 e. The van der Waals surface area contributed by atoms with E-state index in [2.05, 4.69) is 55.4 Å². The second-order valence-electron chi connectivity index (χ2n) is 6.35. The summed E-state index contributed by atoms with van der Waals surface area (Å²) >= 11 is 0. The normalized spacial score (nSPS) is 24.8. The standard InChI is InChI=1S/C18H30N2O/c1-5-21-17-8-6-16(7-9-17)18(19-4)13-20-11-10-14(2)15(3)12-20/h6-9,14-15,18-19H,5,10-13H2,1-4H3. The summed E-state index contributed by atoms with van der Waals surface area (Å²) in [5.41, 5.74) is 1.34. The first kappa shape index (κ1) is 16.3. The molecule has 118 valence electrons. The molecule has 21 heavy (non-hydrogen) atoms. The van der Waals surface area contributed by atoms with Gasteiger partial charge in [-0.25, -0.2) is 0 Å². The number of benzene rings is 1. The highest BCUT2D eigenvalue weighted by Gasteiger charge is 2.24. The third-order valence-electron chi connectivity index (χ3n) is 4.80. The molecule has 3 unspecified atom stereocenters. The maximum atomic E-state index is 5.52. The van der Waals surface area contributed by atoms with E-state index in [1.54, 1.807) is 0 Å². The highest BCUT2D eigenvalue weighted by Crippen LogP contribution is 2.25. The SMILES string of the molecule is CCOc1ccc(C(CN2CCC(C)C(C)C2)NC)cc1. The first-order chi connectivity index (χ1) is 10.1. The number of likely N-dealkylation sites (tertiary alicyclic amines) is 1. The summed E-state index contributed by atoms with van der Waals surface area (Å²) in [6.45, 7) is 11.0. The lowest BCUT2D eigenvalue weighted by Crippen LogP contribution is -2.42. The summed E-state index contributed by atoms with van der Waals surface area (Å²) in [7, 11) is 2.05. The molecule has 1 aliphatic heterocycles. The average molecular weight is 290 g/mol. The summed E-state index contributed by atoms with van der Waals surface area (Å²) < 4.78 is 5.52. The van der Waals surface area contributed by atoms with Gasteiger partial charge in [0, 0.05) is 19.1 Å². The van der Waals surface area contributed by atoms with E-state index in [1.165, 1.54) is 25.1 Å². The maximum Gasteiger partial charge on any atom is 0.119 e. The van der Waals surface area contributed by atoms with Gasteiger partial charge in [-0.15, -0.1) is 0 Å². The molecule has 1 saturated heterocycles. The van der Waals surface area contributed by atoms with E-state index in [0.29, 0.717) is 6.04 Å². The number of hydrogen-bond donors (Lipinski definition) is 1. The molecule has 0 saturated carbocycles. The lowest BCUT2D eigenvalue weighted by Gasteiger charge is -2.37. The first-order valence-corrected chi connectivity index (χ1v) is 8.26. The van der Waals surface area contributed by atoms with Crippen LogP contribution < -0.4 is 10.1 Å². The van der Waals surface area contributed by atoms with Crippen molar-refractivity contribution in [2.75, 3.05) is 33.3 Å². The van der Waals surface area contributed by atoms with Crippen molar-refractivity contribution in [1.82, 2.24) is 10.2 Å². The second kappa shape index (κ2) is 7.81. The molecular formula is C18H30N2O. The zero-order chi connectivity index (χ0) is 15.2. The Labute approximate surface area is 129 Å². The van der Waals surface area contributed by atoms with Crippen molar-refractivity contribution in [2.45, 2.75) is 33.2 Å². The monoisotopic (exact) mass is 290 g/mol. The highest BCUT2D eigenvalue weighted by atomic mass is 16.5. The van der Waals surface area contributed by atoms with Gasteiger partial charge in [-0.05, 0) is 56.5 Å². The lowest BCUT2D eigenvalue weighted by atomic mass is 9.88. The van der Waals surface area contributed by atoms with Crippen LogP contribution in [0.25, 0.3) is 0 Å². The van der Waals surface area contributed by atoms with Gasteiger partial charge in [0.05, 0.1) is 6.61 Å². The van der Waals surface area contributed by atoms with Crippen molar-refractivity contribution in [2.24, 2.45) is 11.8 Å². The molecular weight excluding hydrogens is 260 g/mol. The molecule has 1 aliphatic rings. The van der Waals surface area contributed by atoms with Crippen LogP contribution in [0, 0.1) is 11.8 Å². The predicted octanol–water partition coefficient (Wildman–Crippen LogP) is 3.32. The number of hydrogen-bond acceptors (Lipinski definition) is 3. The van der Waals surface area contributed by atoms with Crippen LogP contribution in [0.2, 0.25) is 0 Å². The third kappa shape index (κ3) is 4.45. The van der Waals surface area contributed by atoms with Gasteiger partial charge in [0.1, 0.15) is 5.75 Å². The van der Waals surface area contributed by atoms with Crippen LogP contribution >= 0.6 is 0 Å². The quantitative estimate of drug-likeness (QED) is 0.870. The lowest BCUT2D eigenvalue weighted by molar-refractivity contribution is 0.128. The van der Waals surface area contributed by atoms with Crippen molar-refractivity contribution >= 4 is 0 Å². The molecule has 0 aliphatic carbocycles. The Morgan fingerprint density at radius 1 is 1.24 bits per heavy atom. The average Bonchev–Trinajstić information content (AvgIpc) is 2.50. The van der Waals surface area contributed by atoms with Crippen LogP contribution in [0.15, 0.2) is 24.3 Å². The van der Waals surface area contributed by atoms with E-state index >= 15 is 0 Å². The Morgan fingerprint density at radius 3 is 2.52 bits per heavy atom. The van der Waals surface area contributed by atoms with Gasteiger partial charge in [-0.1, -0.05) is 26.0 Å². The largest absolute Gasteiger partial charge is 0.494 e. The Kier molecular flexibility index (Phi) is 6.07. The van der Waals surface area contributed by atoms with E-state index in [4.69, 9.17) is 4.74 Å². The van der Waals surface area contributed by atoms with E-state index < -0.39 is 0 Å². The van der Waals surface area contributed by atoms with E-state index in [0.717, 1.165) is 30.7 Å².